The number of halogens is 1. The summed E-state index contributed by atoms with van der Waals surface area (Å²) < 4.78 is 27.0. The largest absolute Gasteiger partial charge is 0.480 e. The van der Waals surface area contributed by atoms with Gasteiger partial charge in [-0.3, -0.25) is 4.79 Å². The molecule has 0 saturated carbocycles. The van der Waals surface area contributed by atoms with Crippen molar-refractivity contribution >= 4 is 31.9 Å². The number of aliphatic carboxylic acids is 1. The lowest BCUT2D eigenvalue weighted by Crippen LogP contribution is -2.36. The first-order valence-electron chi connectivity index (χ1n) is 6.85. The minimum Gasteiger partial charge on any atom is -0.480 e. The normalized spacial score (nSPS) is 11.6. The maximum Gasteiger partial charge on any atom is 0.318 e. The molecule has 0 radical (unpaired) electrons. The standard InChI is InChI=1S/C16H16BrNO4S/c17-15-8-6-13(7-9-15)10-18(11-16(19)20)23(21,22)12-14-4-2-1-3-5-14/h1-9H,10-12H2,(H,19,20). The second kappa shape index (κ2) is 7.72. The lowest BCUT2D eigenvalue weighted by atomic mass is 10.2. The molecule has 0 fully saturated rings. The fourth-order valence-electron chi connectivity index (χ4n) is 2.07. The van der Waals surface area contributed by atoms with Crippen LogP contribution in [0.15, 0.2) is 59.1 Å². The molecule has 5 nitrogen and oxygen atoms in total. The summed E-state index contributed by atoms with van der Waals surface area (Å²) in [7, 11) is -3.74. The SMILES string of the molecule is O=C(O)CN(Cc1ccc(Br)cc1)S(=O)(=O)Cc1ccccc1. The van der Waals surface area contributed by atoms with Crippen molar-refractivity contribution in [2.75, 3.05) is 6.54 Å². The molecule has 0 bridgehead atoms. The van der Waals surface area contributed by atoms with E-state index in [-0.39, 0.29) is 12.3 Å². The molecule has 23 heavy (non-hydrogen) atoms. The maximum atomic E-state index is 12.6. The predicted molar refractivity (Wildman–Crippen MR) is 91.3 cm³/mol. The van der Waals surface area contributed by atoms with E-state index in [1.165, 1.54) is 0 Å². The summed E-state index contributed by atoms with van der Waals surface area (Å²) in [5, 5.41) is 9.02. The summed E-state index contributed by atoms with van der Waals surface area (Å²) >= 11 is 3.31. The highest BCUT2D eigenvalue weighted by molar-refractivity contribution is 9.10. The zero-order valence-corrected chi connectivity index (χ0v) is 14.6. The third-order valence-electron chi connectivity index (χ3n) is 3.17. The Balaban J connectivity index is 2.22. The predicted octanol–water partition coefficient (Wildman–Crippen LogP) is 2.87. The smallest absolute Gasteiger partial charge is 0.318 e. The number of hydrogen-bond acceptors (Lipinski definition) is 3. The van der Waals surface area contributed by atoms with Crippen LogP contribution in [0.4, 0.5) is 0 Å². The third kappa shape index (κ3) is 5.46. The Labute approximate surface area is 143 Å². The van der Waals surface area contributed by atoms with Gasteiger partial charge in [0.2, 0.25) is 10.0 Å². The molecule has 0 atom stereocenters. The first-order chi connectivity index (χ1) is 10.9. The lowest BCUT2D eigenvalue weighted by Gasteiger charge is -2.20. The average molecular weight is 398 g/mol. The van der Waals surface area contributed by atoms with Gasteiger partial charge in [0.15, 0.2) is 0 Å². The molecule has 0 aliphatic heterocycles. The summed E-state index contributed by atoms with van der Waals surface area (Å²) in [5.74, 6) is -1.41. The molecule has 122 valence electrons. The van der Waals surface area contributed by atoms with Crippen LogP contribution in [0.25, 0.3) is 0 Å². The number of carboxylic acids is 1. The maximum absolute atomic E-state index is 12.6. The van der Waals surface area contributed by atoms with Crippen LogP contribution in [0.2, 0.25) is 0 Å². The number of rotatable bonds is 7. The molecule has 0 unspecified atom stereocenters. The molecule has 2 aromatic carbocycles. The molecule has 0 aliphatic rings. The van der Waals surface area contributed by atoms with Crippen molar-refractivity contribution in [1.82, 2.24) is 4.31 Å². The monoisotopic (exact) mass is 397 g/mol. The number of nitrogens with zero attached hydrogens (tertiary/aromatic N) is 1. The zero-order valence-electron chi connectivity index (χ0n) is 12.2. The van der Waals surface area contributed by atoms with Crippen molar-refractivity contribution in [2.24, 2.45) is 0 Å². The highest BCUT2D eigenvalue weighted by Crippen LogP contribution is 2.16. The van der Waals surface area contributed by atoms with Gasteiger partial charge in [-0.2, -0.15) is 4.31 Å². The molecule has 0 aliphatic carbocycles. The van der Waals surface area contributed by atoms with E-state index in [0.29, 0.717) is 5.56 Å². The Hall–Kier alpha value is -1.70. The highest BCUT2D eigenvalue weighted by Gasteiger charge is 2.25. The minimum atomic E-state index is -3.74. The molecule has 0 spiro atoms. The molecular formula is C16H16BrNO4S. The van der Waals surface area contributed by atoms with E-state index in [4.69, 9.17) is 5.11 Å². The van der Waals surface area contributed by atoms with E-state index >= 15 is 0 Å². The molecule has 0 heterocycles. The summed E-state index contributed by atoms with van der Waals surface area (Å²) in [4.78, 5) is 11.0. The number of hydrogen-bond donors (Lipinski definition) is 1. The Bertz CT molecular complexity index is 760. The zero-order chi connectivity index (χ0) is 16.9. The van der Waals surface area contributed by atoms with E-state index in [1.54, 1.807) is 54.6 Å². The summed E-state index contributed by atoms with van der Waals surface area (Å²) in [6.07, 6.45) is 0. The second-order valence-corrected chi connectivity index (χ2v) is 7.91. The fraction of sp³-hybridized carbons (Fsp3) is 0.188. The first kappa shape index (κ1) is 17.7. The van der Waals surface area contributed by atoms with Crippen LogP contribution < -0.4 is 0 Å². The van der Waals surface area contributed by atoms with Crippen LogP contribution in [-0.4, -0.2) is 30.3 Å². The van der Waals surface area contributed by atoms with Crippen LogP contribution >= 0.6 is 15.9 Å². The molecule has 1 N–H and O–H groups in total. The number of benzene rings is 2. The van der Waals surface area contributed by atoms with Gasteiger partial charge in [0.25, 0.3) is 0 Å². The van der Waals surface area contributed by atoms with E-state index < -0.39 is 22.5 Å². The van der Waals surface area contributed by atoms with Gasteiger partial charge < -0.3 is 5.11 Å². The quantitative estimate of drug-likeness (QED) is 0.779. The molecular weight excluding hydrogens is 382 g/mol. The van der Waals surface area contributed by atoms with Crippen molar-refractivity contribution < 1.29 is 18.3 Å². The van der Waals surface area contributed by atoms with E-state index in [0.717, 1.165) is 14.3 Å². The molecule has 0 aromatic heterocycles. The Kier molecular flexibility index (Phi) is 5.92. The van der Waals surface area contributed by atoms with Crippen molar-refractivity contribution in [3.63, 3.8) is 0 Å². The topological polar surface area (TPSA) is 74.7 Å². The van der Waals surface area contributed by atoms with E-state index in [2.05, 4.69) is 15.9 Å². The van der Waals surface area contributed by atoms with Crippen LogP contribution in [0.3, 0.4) is 0 Å². The van der Waals surface area contributed by atoms with E-state index in [1.807, 2.05) is 0 Å². The van der Waals surface area contributed by atoms with Crippen LogP contribution in [0, 0.1) is 0 Å². The van der Waals surface area contributed by atoms with Gasteiger partial charge in [0.05, 0.1) is 5.75 Å². The Morgan fingerprint density at radius 1 is 1.00 bits per heavy atom. The summed E-state index contributed by atoms with van der Waals surface area (Å²) in [5.41, 5.74) is 1.35. The molecule has 2 aromatic rings. The molecule has 0 saturated heterocycles. The minimum absolute atomic E-state index is 0.0226. The van der Waals surface area contributed by atoms with Gasteiger partial charge in [-0.15, -0.1) is 0 Å². The van der Waals surface area contributed by atoms with E-state index in [9.17, 15) is 13.2 Å². The van der Waals surface area contributed by atoms with Gasteiger partial charge in [-0.1, -0.05) is 58.4 Å². The first-order valence-corrected chi connectivity index (χ1v) is 9.25. The third-order valence-corrected chi connectivity index (χ3v) is 5.44. The average Bonchev–Trinajstić information content (AvgIpc) is 2.49. The van der Waals surface area contributed by atoms with Crippen LogP contribution in [0.5, 0.6) is 0 Å². The van der Waals surface area contributed by atoms with Gasteiger partial charge in [0.1, 0.15) is 6.54 Å². The number of carbonyl (C=O) groups is 1. The molecule has 0 amide bonds. The lowest BCUT2D eigenvalue weighted by molar-refractivity contribution is -0.137. The number of carboxylic acid groups (broad SMARTS) is 1. The Morgan fingerprint density at radius 2 is 1.61 bits per heavy atom. The highest BCUT2D eigenvalue weighted by atomic mass is 79.9. The Morgan fingerprint density at radius 3 is 2.17 bits per heavy atom. The van der Waals surface area contributed by atoms with Crippen molar-refractivity contribution in [3.8, 4) is 0 Å². The van der Waals surface area contributed by atoms with Gasteiger partial charge in [-0.25, -0.2) is 8.42 Å². The van der Waals surface area contributed by atoms with Crippen molar-refractivity contribution in [2.45, 2.75) is 12.3 Å². The summed E-state index contributed by atoms with van der Waals surface area (Å²) in [6.45, 7) is -0.542. The van der Waals surface area contributed by atoms with Gasteiger partial charge in [-0.05, 0) is 23.3 Å². The fourth-order valence-corrected chi connectivity index (χ4v) is 3.79. The number of sulfonamides is 1. The van der Waals surface area contributed by atoms with Crippen molar-refractivity contribution in [3.05, 3.63) is 70.2 Å². The van der Waals surface area contributed by atoms with Gasteiger partial charge >= 0.3 is 5.97 Å². The van der Waals surface area contributed by atoms with Crippen molar-refractivity contribution in [1.29, 1.82) is 0 Å². The summed E-state index contributed by atoms with van der Waals surface area (Å²) in [6, 6.07) is 15.8. The van der Waals surface area contributed by atoms with Crippen LogP contribution in [-0.2, 0) is 27.1 Å². The van der Waals surface area contributed by atoms with Gasteiger partial charge in [0, 0.05) is 11.0 Å². The van der Waals surface area contributed by atoms with Crippen LogP contribution in [0.1, 0.15) is 11.1 Å². The molecule has 7 heteroatoms. The molecule has 2 rings (SSSR count). The second-order valence-electron chi connectivity index (χ2n) is 5.03.